The molecule has 0 radical (unpaired) electrons. The Bertz CT molecular complexity index is 762. The van der Waals surface area contributed by atoms with Crippen molar-refractivity contribution in [3.05, 3.63) is 34.6 Å². The van der Waals surface area contributed by atoms with Gasteiger partial charge in [-0.3, -0.25) is 9.69 Å². The van der Waals surface area contributed by atoms with E-state index in [0.29, 0.717) is 25.5 Å². The third-order valence-corrected chi connectivity index (χ3v) is 4.76. The molecule has 1 aliphatic rings. The normalized spacial score (nSPS) is 17.0. The average molecular weight is 346 g/mol. The number of nitrogens with one attached hydrogen (secondary N) is 1. The van der Waals surface area contributed by atoms with Crippen LogP contribution in [0.2, 0.25) is 0 Å². The van der Waals surface area contributed by atoms with Gasteiger partial charge >= 0.3 is 0 Å². The second-order valence-electron chi connectivity index (χ2n) is 6.74. The molecule has 1 aromatic heterocycles. The maximum atomic E-state index is 12.5. The van der Waals surface area contributed by atoms with Crippen LogP contribution in [0.3, 0.4) is 0 Å². The Balaban J connectivity index is 1.65. The first kappa shape index (κ1) is 17.9. The highest BCUT2D eigenvalue weighted by Crippen LogP contribution is 2.30. The Morgan fingerprint density at radius 2 is 1.92 bits per heavy atom. The average Bonchev–Trinajstić information content (AvgIpc) is 2.96. The summed E-state index contributed by atoms with van der Waals surface area (Å²) in [6.07, 6.45) is -0.616. The number of ether oxygens (including phenoxy) is 1. The molecule has 1 amide bonds. The number of β-amino-alcohol motifs (C(OH)–C–C–N with tert-alkyl or cyclic N) is 1. The highest BCUT2D eigenvalue weighted by atomic mass is 16.5. The van der Waals surface area contributed by atoms with Gasteiger partial charge in [0, 0.05) is 37.1 Å². The fourth-order valence-electron chi connectivity index (χ4n) is 3.33. The molecular weight excluding hydrogens is 320 g/mol. The van der Waals surface area contributed by atoms with E-state index in [1.54, 1.807) is 0 Å². The third-order valence-electron chi connectivity index (χ3n) is 4.76. The fourth-order valence-corrected chi connectivity index (χ4v) is 3.33. The van der Waals surface area contributed by atoms with Crippen LogP contribution in [-0.4, -0.2) is 61.4 Å². The monoisotopic (exact) mass is 346 g/mol. The van der Waals surface area contributed by atoms with Gasteiger partial charge in [-0.05, 0) is 31.9 Å². The summed E-state index contributed by atoms with van der Waals surface area (Å²) in [6.45, 7) is 9.61. The van der Waals surface area contributed by atoms with E-state index in [1.165, 1.54) is 0 Å². The molecule has 0 spiro atoms. The minimum absolute atomic E-state index is 0.199. The number of amides is 1. The Labute approximate surface area is 147 Å². The fraction of sp³-hybridized carbons (Fsp3) is 0.526. The van der Waals surface area contributed by atoms with Gasteiger partial charge in [-0.2, -0.15) is 0 Å². The van der Waals surface area contributed by atoms with Gasteiger partial charge in [0.25, 0.3) is 5.91 Å². The van der Waals surface area contributed by atoms with Crippen molar-refractivity contribution < 1.29 is 19.1 Å². The number of aryl methyl sites for hydroxylation is 3. The molecule has 3 rings (SSSR count). The van der Waals surface area contributed by atoms with Crippen molar-refractivity contribution in [2.24, 2.45) is 0 Å². The lowest BCUT2D eigenvalue weighted by molar-refractivity contribution is 0.0148. The molecule has 0 saturated carbocycles. The number of carbonyl (C=O) groups excluding carboxylic acids is 1. The van der Waals surface area contributed by atoms with Crippen molar-refractivity contribution in [2.45, 2.75) is 26.9 Å². The number of hydrogen-bond acceptors (Lipinski definition) is 5. The van der Waals surface area contributed by atoms with Gasteiger partial charge in [-0.15, -0.1) is 0 Å². The Hall–Kier alpha value is -1.89. The molecule has 1 unspecified atom stereocenters. The number of aliphatic hydroxyl groups excluding tert-OH is 1. The Morgan fingerprint density at radius 1 is 1.24 bits per heavy atom. The van der Waals surface area contributed by atoms with Crippen molar-refractivity contribution in [1.29, 1.82) is 0 Å². The number of furan rings is 1. The number of hydrogen-bond donors (Lipinski definition) is 2. The zero-order valence-corrected chi connectivity index (χ0v) is 15.1. The van der Waals surface area contributed by atoms with Gasteiger partial charge in [-0.1, -0.05) is 12.1 Å². The minimum Gasteiger partial charge on any atom is -0.450 e. The first-order chi connectivity index (χ1) is 12.0. The van der Waals surface area contributed by atoms with Crippen LogP contribution in [0.1, 0.15) is 27.2 Å². The molecule has 6 heteroatoms. The van der Waals surface area contributed by atoms with Crippen molar-refractivity contribution in [1.82, 2.24) is 10.2 Å². The van der Waals surface area contributed by atoms with E-state index in [2.05, 4.69) is 10.2 Å². The van der Waals surface area contributed by atoms with Crippen molar-refractivity contribution >= 4 is 16.9 Å². The van der Waals surface area contributed by atoms with Crippen LogP contribution in [0.5, 0.6) is 0 Å². The van der Waals surface area contributed by atoms with Crippen molar-refractivity contribution in [3.8, 4) is 0 Å². The van der Waals surface area contributed by atoms with E-state index in [-0.39, 0.29) is 12.5 Å². The third kappa shape index (κ3) is 3.86. The molecular formula is C19H26N2O4. The smallest absolute Gasteiger partial charge is 0.287 e. The summed E-state index contributed by atoms with van der Waals surface area (Å²) in [4.78, 5) is 14.6. The lowest BCUT2D eigenvalue weighted by Gasteiger charge is -2.28. The SMILES string of the molecule is Cc1ccc(C)c2c(C)c(C(=O)NCC(O)CN3CCOCC3)oc12. The molecule has 6 nitrogen and oxygen atoms in total. The zero-order chi connectivity index (χ0) is 18.0. The van der Waals surface area contributed by atoms with Crippen LogP contribution >= 0.6 is 0 Å². The predicted octanol–water partition coefficient (Wildman–Crippen LogP) is 1.78. The lowest BCUT2D eigenvalue weighted by Crippen LogP contribution is -2.44. The molecule has 1 atom stereocenters. The van der Waals surface area contributed by atoms with Crippen LogP contribution in [0.4, 0.5) is 0 Å². The summed E-state index contributed by atoms with van der Waals surface area (Å²) in [5.74, 6) is 0.0412. The first-order valence-electron chi connectivity index (χ1n) is 8.73. The van der Waals surface area contributed by atoms with E-state index in [0.717, 1.165) is 40.7 Å². The van der Waals surface area contributed by atoms with Gasteiger partial charge in [0.2, 0.25) is 0 Å². The summed E-state index contributed by atoms with van der Waals surface area (Å²) >= 11 is 0. The van der Waals surface area contributed by atoms with E-state index < -0.39 is 6.10 Å². The molecule has 1 fully saturated rings. The quantitative estimate of drug-likeness (QED) is 0.863. The van der Waals surface area contributed by atoms with E-state index >= 15 is 0 Å². The second kappa shape index (κ2) is 7.56. The molecule has 1 saturated heterocycles. The summed E-state index contributed by atoms with van der Waals surface area (Å²) in [5, 5.41) is 14.0. The number of benzene rings is 1. The highest BCUT2D eigenvalue weighted by Gasteiger charge is 2.21. The Morgan fingerprint density at radius 3 is 2.60 bits per heavy atom. The Kier molecular flexibility index (Phi) is 5.42. The number of carbonyl (C=O) groups is 1. The van der Waals surface area contributed by atoms with E-state index in [9.17, 15) is 9.90 Å². The lowest BCUT2D eigenvalue weighted by atomic mass is 10.0. The molecule has 0 aliphatic carbocycles. The van der Waals surface area contributed by atoms with Crippen LogP contribution in [0.15, 0.2) is 16.5 Å². The summed E-state index contributed by atoms with van der Waals surface area (Å²) < 4.78 is 11.1. The van der Waals surface area contributed by atoms with Gasteiger partial charge in [0.1, 0.15) is 5.58 Å². The zero-order valence-electron chi connectivity index (χ0n) is 15.1. The maximum Gasteiger partial charge on any atom is 0.287 e. The molecule has 2 aromatic rings. The summed E-state index contributed by atoms with van der Waals surface area (Å²) in [7, 11) is 0. The van der Waals surface area contributed by atoms with Crippen molar-refractivity contribution in [2.75, 3.05) is 39.4 Å². The standard InChI is InChI=1S/C19H26N2O4/c1-12-4-5-13(2)17-16(12)14(3)18(25-17)19(23)20-10-15(22)11-21-6-8-24-9-7-21/h4-5,15,22H,6-11H2,1-3H3,(H,20,23). The highest BCUT2D eigenvalue weighted by molar-refractivity contribution is 6.00. The van der Waals surface area contributed by atoms with Gasteiger partial charge in [0.15, 0.2) is 5.76 Å². The minimum atomic E-state index is -0.616. The summed E-state index contributed by atoms with van der Waals surface area (Å²) in [5.41, 5.74) is 3.70. The number of fused-ring (bicyclic) bond motifs is 1. The molecule has 1 aromatic carbocycles. The summed E-state index contributed by atoms with van der Waals surface area (Å²) in [6, 6.07) is 4.03. The topological polar surface area (TPSA) is 74.9 Å². The number of aliphatic hydroxyl groups is 1. The second-order valence-corrected chi connectivity index (χ2v) is 6.74. The van der Waals surface area contributed by atoms with Gasteiger partial charge < -0.3 is 19.6 Å². The predicted molar refractivity (Wildman–Crippen MR) is 96.0 cm³/mol. The molecule has 136 valence electrons. The van der Waals surface area contributed by atoms with Crippen LogP contribution < -0.4 is 5.32 Å². The molecule has 1 aliphatic heterocycles. The molecule has 0 bridgehead atoms. The number of rotatable bonds is 5. The number of morpholine rings is 1. The van der Waals surface area contributed by atoms with Crippen molar-refractivity contribution in [3.63, 3.8) is 0 Å². The largest absolute Gasteiger partial charge is 0.450 e. The first-order valence-corrected chi connectivity index (χ1v) is 8.73. The van der Waals surface area contributed by atoms with Gasteiger partial charge in [-0.25, -0.2) is 0 Å². The van der Waals surface area contributed by atoms with Crippen LogP contribution in [0, 0.1) is 20.8 Å². The van der Waals surface area contributed by atoms with E-state index in [1.807, 2.05) is 32.9 Å². The van der Waals surface area contributed by atoms with E-state index in [4.69, 9.17) is 9.15 Å². The van der Waals surface area contributed by atoms with Crippen LogP contribution in [-0.2, 0) is 4.74 Å². The number of nitrogens with zero attached hydrogens (tertiary/aromatic N) is 1. The van der Waals surface area contributed by atoms with Crippen LogP contribution in [0.25, 0.3) is 11.0 Å². The molecule has 2 N–H and O–H groups in total. The molecule has 25 heavy (non-hydrogen) atoms. The van der Waals surface area contributed by atoms with Gasteiger partial charge in [0.05, 0.1) is 19.3 Å². The molecule has 2 heterocycles. The maximum absolute atomic E-state index is 12.5.